The molecule has 0 saturated heterocycles. The van der Waals surface area contributed by atoms with Gasteiger partial charge in [0.1, 0.15) is 16.8 Å². The first kappa shape index (κ1) is 36.6. The van der Waals surface area contributed by atoms with E-state index in [0.29, 0.717) is 16.1 Å². The number of amides is 2. The molecule has 0 aliphatic carbocycles. The number of fused-ring (bicyclic) bond motifs is 1. The Bertz CT molecular complexity index is 1750. The fourth-order valence-electron chi connectivity index (χ4n) is 4.78. The van der Waals surface area contributed by atoms with Crippen LogP contribution in [0.1, 0.15) is 72.2 Å². The molecule has 258 valence electrons. The van der Waals surface area contributed by atoms with E-state index in [1.165, 1.54) is 17.0 Å². The maximum Gasteiger partial charge on any atom is 0.416 e. The molecule has 4 rings (SSSR count). The topological polar surface area (TPSA) is 114 Å². The van der Waals surface area contributed by atoms with Gasteiger partial charge in [-0.25, -0.2) is 14.6 Å². The van der Waals surface area contributed by atoms with Crippen molar-refractivity contribution < 1.29 is 37.3 Å². The van der Waals surface area contributed by atoms with Crippen molar-refractivity contribution >= 4 is 39.4 Å². The molecule has 13 heteroatoms. The SMILES string of the molecule is CC(C)(C)OC(=O)N[C@@H](Cc1ccc(C(F)(F)F)cc1)CN(C(=O)OC(C)(C)C)c1nc(C(C)(C)O)c(-c2ccc3cnccc3c2)s1. The fraction of sp³-hybridized carbons (Fsp3) is 0.429. The lowest BCUT2D eigenvalue weighted by Gasteiger charge is -2.30. The maximum atomic E-state index is 13.8. The maximum absolute atomic E-state index is 13.8. The van der Waals surface area contributed by atoms with Gasteiger partial charge < -0.3 is 19.9 Å². The van der Waals surface area contributed by atoms with Crippen LogP contribution in [0.25, 0.3) is 21.2 Å². The molecule has 0 aliphatic heterocycles. The zero-order valence-corrected chi connectivity index (χ0v) is 29.0. The normalized spacial score (nSPS) is 13.2. The molecule has 0 saturated carbocycles. The number of hydrogen-bond donors (Lipinski definition) is 2. The van der Waals surface area contributed by atoms with Crippen molar-refractivity contribution in [3.63, 3.8) is 0 Å². The van der Waals surface area contributed by atoms with E-state index >= 15 is 0 Å². The number of nitrogens with zero attached hydrogens (tertiary/aromatic N) is 3. The van der Waals surface area contributed by atoms with Crippen LogP contribution in [0, 0.1) is 0 Å². The summed E-state index contributed by atoms with van der Waals surface area (Å²) in [5.74, 6) is 0. The third-order valence-corrected chi connectivity index (χ3v) is 7.96. The number of anilines is 1. The number of alkyl carbamates (subject to hydrolysis) is 1. The van der Waals surface area contributed by atoms with E-state index in [4.69, 9.17) is 14.5 Å². The molecule has 4 aromatic rings. The summed E-state index contributed by atoms with van der Waals surface area (Å²) in [6, 6.07) is 11.3. The highest BCUT2D eigenvalue weighted by atomic mass is 32.1. The Balaban J connectivity index is 1.79. The summed E-state index contributed by atoms with van der Waals surface area (Å²) in [4.78, 5) is 37.6. The number of pyridine rings is 1. The van der Waals surface area contributed by atoms with Crippen molar-refractivity contribution in [2.75, 3.05) is 11.4 Å². The molecule has 0 radical (unpaired) electrons. The molecule has 2 amide bonds. The van der Waals surface area contributed by atoms with Crippen LogP contribution in [0.5, 0.6) is 0 Å². The first-order valence-corrected chi connectivity index (χ1v) is 16.1. The van der Waals surface area contributed by atoms with Gasteiger partial charge in [-0.05, 0) is 103 Å². The van der Waals surface area contributed by atoms with E-state index in [0.717, 1.165) is 39.8 Å². The molecule has 9 nitrogen and oxygen atoms in total. The molecule has 0 bridgehead atoms. The monoisotopic (exact) mass is 686 g/mol. The Morgan fingerprint density at radius 3 is 2.15 bits per heavy atom. The molecule has 1 atom stereocenters. The van der Waals surface area contributed by atoms with E-state index < -0.39 is 46.8 Å². The lowest BCUT2D eigenvalue weighted by atomic mass is 10.00. The molecular weight excluding hydrogens is 645 g/mol. The Labute approximate surface area is 282 Å². The summed E-state index contributed by atoms with van der Waals surface area (Å²) in [6.07, 6.45) is -2.58. The first-order chi connectivity index (χ1) is 22.1. The molecule has 2 N–H and O–H groups in total. The molecule has 0 aliphatic rings. The number of nitrogens with one attached hydrogen (secondary N) is 1. The average Bonchev–Trinajstić information content (AvgIpc) is 3.39. The summed E-state index contributed by atoms with van der Waals surface area (Å²) < 4.78 is 51.0. The van der Waals surface area contributed by atoms with Crippen molar-refractivity contribution in [2.45, 2.75) is 90.8 Å². The quantitative estimate of drug-likeness (QED) is 0.191. The van der Waals surface area contributed by atoms with Gasteiger partial charge in [0, 0.05) is 17.8 Å². The van der Waals surface area contributed by atoms with E-state index in [-0.39, 0.29) is 18.1 Å². The smallest absolute Gasteiger partial charge is 0.416 e. The van der Waals surface area contributed by atoms with E-state index in [2.05, 4.69) is 10.3 Å². The largest absolute Gasteiger partial charge is 0.444 e. The fourth-order valence-corrected chi connectivity index (χ4v) is 5.99. The molecule has 2 heterocycles. The van der Waals surface area contributed by atoms with Crippen LogP contribution in [0.15, 0.2) is 60.9 Å². The van der Waals surface area contributed by atoms with Crippen LogP contribution in [-0.2, 0) is 27.7 Å². The third-order valence-electron chi connectivity index (χ3n) is 6.83. The summed E-state index contributed by atoms with van der Waals surface area (Å²) in [5, 5.41) is 16.0. The molecule has 0 fully saturated rings. The highest BCUT2D eigenvalue weighted by Crippen LogP contribution is 2.41. The van der Waals surface area contributed by atoms with Crippen molar-refractivity contribution in [1.82, 2.24) is 15.3 Å². The number of halogens is 3. The number of thiazole rings is 1. The Kier molecular flexibility index (Phi) is 10.5. The minimum Gasteiger partial charge on any atom is -0.444 e. The van der Waals surface area contributed by atoms with E-state index in [1.807, 2.05) is 24.3 Å². The van der Waals surface area contributed by atoms with Crippen LogP contribution in [-0.4, -0.2) is 51.0 Å². The predicted molar refractivity (Wildman–Crippen MR) is 180 cm³/mol. The number of aliphatic hydroxyl groups is 1. The number of carbonyl (C=O) groups excluding carboxylic acids is 2. The minimum absolute atomic E-state index is 0.0476. The van der Waals surface area contributed by atoms with Crippen LogP contribution in [0.2, 0.25) is 0 Å². The van der Waals surface area contributed by atoms with Crippen molar-refractivity contribution in [3.05, 3.63) is 77.7 Å². The highest BCUT2D eigenvalue weighted by molar-refractivity contribution is 7.19. The second-order valence-electron chi connectivity index (χ2n) is 14.0. The number of hydrogen-bond acceptors (Lipinski definition) is 8. The predicted octanol–water partition coefficient (Wildman–Crippen LogP) is 8.48. The molecular formula is C35H41F3N4O5S. The van der Waals surface area contributed by atoms with Gasteiger partial charge in [-0.1, -0.05) is 35.6 Å². The van der Waals surface area contributed by atoms with E-state index in [1.54, 1.807) is 67.8 Å². The average molecular weight is 687 g/mol. The van der Waals surface area contributed by atoms with Crippen LogP contribution in [0.3, 0.4) is 0 Å². The summed E-state index contributed by atoms with van der Waals surface area (Å²) in [7, 11) is 0. The zero-order valence-electron chi connectivity index (χ0n) is 28.2. The summed E-state index contributed by atoms with van der Waals surface area (Å²) in [5.41, 5.74) is -2.40. The van der Waals surface area contributed by atoms with Crippen molar-refractivity contribution in [2.24, 2.45) is 0 Å². The highest BCUT2D eigenvalue weighted by Gasteiger charge is 2.34. The minimum atomic E-state index is -4.51. The van der Waals surface area contributed by atoms with Gasteiger partial charge in [-0.15, -0.1) is 0 Å². The zero-order chi connectivity index (χ0) is 35.7. The summed E-state index contributed by atoms with van der Waals surface area (Å²) >= 11 is 1.16. The van der Waals surface area contributed by atoms with Gasteiger partial charge in [0.15, 0.2) is 5.13 Å². The number of alkyl halides is 3. The summed E-state index contributed by atoms with van der Waals surface area (Å²) in [6.45, 7) is 13.2. The van der Waals surface area contributed by atoms with Crippen molar-refractivity contribution in [1.29, 1.82) is 0 Å². The number of benzene rings is 2. The lowest BCUT2D eigenvalue weighted by Crippen LogP contribution is -2.49. The second kappa shape index (κ2) is 13.7. The Morgan fingerprint density at radius 2 is 1.56 bits per heavy atom. The number of carbonyl (C=O) groups is 2. The van der Waals surface area contributed by atoms with Crippen molar-refractivity contribution in [3.8, 4) is 10.4 Å². The van der Waals surface area contributed by atoms with Gasteiger partial charge in [0.25, 0.3) is 0 Å². The van der Waals surface area contributed by atoms with Crippen LogP contribution < -0.4 is 10.2 Å². The molecule has 48 heavy (non-hydrogen) atoms. The van der Waals surface area contributed by atoms with Gasteiger partial charge in [0.05, 0.1) is 28.7 Å². The molecule has 2 aromatic carbocycles. The number of aromatic nitrogens is 2. The van der Waals surface area contributed by atoms with Gasteiger partial charge in [-0.2, -0.15) is 13.2 Å². The van der Waals surface area contributed by atoms with Crippen LogP contribution >= 0.6 is 11.3 Å². The van der Waals surface area contributed by atoms with Crippen LogP contribution in [0.4, 0.5) is 27.9 Å². The second-order valence-corrected chi connectivity index (χ2v) is 15.0. The number of ether oxygens (including phenoxy) is 2. The number of rotatable bonds is 8. The first-order valence-electron chi connectivity index (χ1n) is 15.3. The van der Waals surface area contributed by atoms with Gasteiger partial charge in [-0.3, -0.25) is 9.88 Å². The molecule has 0 unspecified atom stereocenters. The molecule has 2 aromatic heterocycles. The van der Waals surface area contributed by atoms with Gasteiger partial charge >= 0.3 is 18.4 Å². The Morgan fingerprint density at radius 1 is 0.917 bits per heavy atom. The third kappa shape index (κ3) is 9.89. The standard InChI is InChI=1S/C35H41F3N4O5S/c1-32(2,3)46-30(43)40-26(17-21-9-13-25(14-10-21)35(36,37)38)20-42(31(44)47-33(4,5)6)29-41-28(34(7,8)45)27(48-29)23-11-12-24-19-39-16-15-22(24)18-23/h9-16,18-19,26,45H,17,20H2,1-8H3,(H,40,43)/t26-/m0/s1. The van der Waals surface area contributed by atoms with E-state index in [9.17, 15) is 27.9 Å². The van der Waals surface area contributed by atoms with Gasteiger partial charge in [0.2, 0.25) is 0 Å². The molecule has 0 spiro atoms. The Hall–Kier alpha value is -4.23. The lowest BCUT2D eigenvalue weighted by molar-refractivity contribution is -0.137.